The Morgan fingerprint density at radius 3 is 2.97 bits per heavy atom. The third kappa shape index (κ3) is 4.13. The summed E-state index contributed by atoms with van der Waals surface area (Å²) in [7, 11) is 3.33. The number of halogens is 1. The molecule has 1 aromatic rings. The van der Waals surface area contributed by atoms with Gasteiger partial charge in [0, 0.05) is 63.3 Å². The normalized spacial score (nSPS) is 19.1. The number of nitrogens with zero attached hydrogens (tertiary/aromatic N) is 3. The molecule has 8 nitrogen and oxygen atoms in total. The highest BCUT2D eigenvalue weighted by atomic mass is 19.1. The number of hydrogen-bond acceptors (Lipinski definition) is 6. The van der Waals surface area contributed by atoms with Crippen LogP contribution in [-0.4, -0.2) is 61.1 Å². The zero-order chi connectivity index (χ0) is 21.0. The molecule has 1 unspecified atom stereocenters. The molecule has 29 heavy (non-hydrogen) atoms. The van der Waals surface area contributed by atoms with Crippen molar-refractivity contribution in [1.29, 1.82) is 0 Å². The van der Waals surface area contributed by atoms with Crippen molar-refractivity contribution in [2.24, 2.45) is 4.99 Å². The van der Waals surface area contributed by atoms with E-state index in [2.05, 4.69) is 32.5 Å². The number of rotatable bonds is 6. The zero-order valence-electron chi connectivity index (χ0n) is 16.6. The Hall–Kier alpha value is -3.23. The van der Waals surface area contributed by atoms with Crippen LogP contribution in [0.3, 0.4) is 0 Å². The number of aromatic nitrogens is 1. The van der Waals surface area contributed by atoms with Crippen LogP contribution in [-0.2, 0) is 11.3 Å². The highest BCUT2D eigenvalue weighted by Gasteiger charge is 2.32. The van der Waals surface area contributed by atoms with Crippen LogP contribution in [0.4, 0.5) is 10.2 Å². The van der Waals surface area contributed by atoms with Crippen LogP contribution >= 0.6 is 0 Å². The molecule has 2 amide bonds. The molecule has 3 heterocycles. The smallest absolute Gasteiger partial charge is 0.254 e. The number of allylic oxidation sites excluding steroid dienone is 1. The maximum atomic E-state index is 15.2. The van der Waals surface area contributed by atoms with Gasteiger partial charge in [0.1, 0.15) is 0 Å². The number of carbonyl (C=O) groups is 2. The van der Waals surface area contributed by atoms with E-state index in [1.807, 2.05) is 0 Å². The monoisotopic (exact) mass is 400 g/mol. The Morgan fingerprint density at radius 2 is 2.28 bits per heavy atom. The largest absolute Gasteiger partial charge is 0.393 e. The lowest BCUT2D eigenvalue weighted by Gasteiger charge is -2.33. The summed E-state index contributed by atoms with van der Waals surface area (Å²) >= 11 is 0. The van der Waals surface area contributed by atoms with Gasteiger partial charge in [-0.2, -0.15) is 0 Å². The lowest BCUT2D eigenvalue weighted by atomic mass is 10.0. The Morgan fingerprint density at radius 1 is 1.48 bits per heavy atom. The molecule has 0 radical (unpaired) electrons. The van der Waals surface area contributed by atoms with Gasteiger partial charge in [-0.05, 0) is 18.9 Å². The summed E-state index contributed by atoms with van der Waals surface area (Å²) in [6.45, 7) is 4.71. The maximum Gasteiger partial charge on any atom is 0.254 e. The number of hydrogen-bond donors (Lipinski definition) is 3. The number of nitrogens with one attached hydrogen (secondary N) is 3. The minimum atomic E-state index is -0.550. The van der Waals surface area contributed by atoms with Gasteiger partial charge in [-0.1, -0.05) is 6.58 Å². The SMILES string of the molecule is C=CC(=O)N1CCCC(Nc2nc(/C(C=NC)=C/NC)c3c(c2F)CNC3=O)C1. The minimum absolute atomic E-state index is 0.0691. The summed E-state index contributed by atoms with van der Waals surface area (Å²) in [5.41, 5.74) is 1.43. The predicted octanol–water partition coefficient (Wildman–Crippen LogP) is 1.31. The molecule has 0 saturated carbocycles. The van der Waals surface area contributed by atoms with Crippen molar-refractivity contribution in [2.75, 3.05) is 32.5 Å². The third-order valence-corrected chi connectivity index (χ3v) is 4.98. The molecule has 1 fully saturated rings. The molecule has 0 spiro atoms. The Balaban J connectivity index is 1.99. The van der Waals surface area contributed by atoms with Gasteiger partial charge in [-0.3, -0.25) is 14.6 Å². The first-order chi connectivity index (χ1) is 14.0. The summed E-state index contributed by atoms with van der Waals surface area (Å²) in [5.74, 6) is -0.987. The predicted molar refractivity (Wildman–Crippen MR) is 110 cm³/mol. The van der Waals surface area contributed by atoms with E-state index in [1.54, 1.807) is 31.4 Å². The van der Waals surface area contributed by atoms with Gasteiger partial charge in [0.25, 0.3) is 5.91 Å². The van der Waals surface area contributed by atoms with Crippen LogP contribution in [0.15, 0.2) is 23.8 Å². The average Bonchev–Trinajstić information content (AvgIpc) is 3.11. The van der Waals surface area contributed by atoms with E-state index < -0.39 is 5.82 Å². The quantitative estimate of drug-likeness (QED) is 0.494. The van der Waals surface area contributed by atoms with Crippen LogP contribution in [0, 0.1) is 5.82 Å². The third-order valence-electron chi connectivity index (χ3n) is 4.98. The van der Waals surface area contributed by atoms with Gasteiger partial charge < -0.3 is 20.9 Å². The van der Waals surface area contributed by atoms with E-state index in [-0.39, 0.29) is 41.3 Å². The van der Waals surface area contributed by atoms with E-state index in [0.29, 0.717) is 24.4 Å². The van der Waals surface area contributed by atoms with Gasteiger partial charge in [0.15, 0.2) is 11.6 Å². The number of piperidine rings is 1. The van der Waals surface area contributed by atoms with Crippen LogP contribution < -0.4 is 16.0 Å². The summed E-state index contributed by atoms with van der Waals surface area (Å²) in [5, 5.41) is 8.70. The van der Waals surface area contributed by atoms with Gasteiger partial charge in [-0.25, -0.2) is 9.37 Å². The fraction of sp³-hybridized carbons (Fsp3) is 0.400. The van der Waals surface area contributed by atoms with Gasteiger partial charge >= 0.3 is 0 Å². The number of anilines is 1. The Bertz CT molecular complexity index is 895. The van der Waals surface area contributed by atoms with Gasteiger partial charge in [0.05, 0.1) is 11.3 Å². The molecule has 154 valence electrons. The molecule has 1 saturated heterocycles. The molecule has 0 bridgehead atoms. The van der Waals surface area contributed by atoms with Crippen LogP contribution in [0.5, 0.6) is 0 Å². The Kier molecular flexibility index (Phi) is 6.26. The second kappa shape index (κ2) is 8.85. The molecule has 3 N–H and O–H groups in total. The fourth-order valence-corrected chi connectivity index (χ4v) is 3.66. The summed E-state index contributed by atoms with van der Waals surface area (Å²) in [6, 6.07) is -0.151. The molecule has 2 aliphatic heterocycles. The highest BCUT2D eigenvalue weighted by molar-refractivity contribution is 6.14. The van der Waals surface area contributed by atoms with E-state index in [9.17, 15) is 9.59 Å². The first-order valence-electron chi connectivity index (χ1n) is 9.48. The Labute approximate surface area is 169 Å². The summed E-state index contributed by atoms with van der Waals surface area (Å²) < 4.78 is 15.2. The van der Waals surface area contributed by atoms with Crippen molar-refractivity contribution in [3.8, 4) is 0 Å². The molecule has 2 aliphatic rings. The molecule has 3 rings (SSSR count). The molecule has 1 atom stereocenters. The zero-order valence-corrected chi connectivity index (χ0v) is 16.6. The summed E-state index contributed by atoms with van der Waals surface area (Å²) in [6.07, 6.45) is 6.09. The van der Waals surface area contributed by atoms with Crippen molar-refractivity contribution in [3.63, 3.8) is 0 Å². The number of likely N-dealkylation sites (tertiary alicyclic amines) is 1. The topological polar surface area (TPSA) is 98.7 Å². The second-order valence-electron chi connectivity index (χ2n) is 6.91. The highest BCUT2D eigenvalue weighted by Crippen LogP contribution is 2.30. The van der Waals surface area contributed by atoms with E-state index in [4.69, 9.17) is 0 Å². The second-order valence-corrected chi connectivity index (χ2v) is 6.91. The van der Waals surface area contributed by atoms with Crippen LogP contribution in [0.1, 0.15) is 34.5 Å². The molecule has 0 aromatic carbocycles. The van der Waals surface area contributed by atoms with Crippen molar-refractivity contribution < 1.29 is 14.0 Å². The fourth-order valence-electron chi connectivity index (χ4n) is 3.66. The lowest BCUT2D eigenvalue weighted by molar-refractivity contribution is -0.127. The van der Waals surface area contributed by atoms with Gasteiger partial charge in [0.2, 0.25) is 5.91 Å². The van der Waals surface area contributed by atoms with Crippen molar-refractivity contribution in [1.82, 2.24) is 20.5 Å². The molecular formula is C20H25FN6O2. The first kappa shape index (κ1) is 20.5. The standard InChI is InChI=1S/C20H25FN6O2/c1-4-15(28)27-7-5-6-13(11-27)25-19-17(21)14-10-24-20(29)16(14)18(26-19)12(8-22-2)9-23-3/h4,8-9,13,22H,1,5-7,10-11H2,2-3H3,(H,24,29)(H,25,26)/b12-8+,23-9?. The van der Waals surface area contributed by atoms with E-state index in [1.165, 1.54) is 6.08 Å². The van der Waals surface area contributed by atoms with Crippen LogP contribution in [0.2, 0.25) is 0 Å². The maximum absolute atomic E-state index is 15.2. The van der Waals surface area contributed by atoms with Gasteiger partial charge in [-0.15, -0.1) is 0 Å². The average molecular weight is 400 g/mol. The van der Waals surface area contributed by atoms with Crippen molar-refractivity contribution >= 4 is 29.4 Å². The number of aliphatic imine (C=N–C) groups is 1. The van der Waals surface area contributed by atoms with Crippen LogP contribution in [0.25, 0.3) is 5.57 Å². The molecule has 9 heteroatoms. The number of carbonyl (C=O) groups excluding carboxylic acids is 2. The lowest BCUT2D eigenvalue weighted by Crippen LogP contribution is -2.44. The first-order valence-corrected chi connectivity index (χ1v) is 9.48. The molecule has 0 aliphatic carbocycles. The minimum Gasteiger partial charge on any atom is -0.393 e. The van der Waals surface area contributed by atoms with E-state index >= 15 is 4.39 Å². The van der Waals surface area contributed by atoms with E-state index in [0.717, 1.165) is 12.8 Å². The van der Waals surface area contributed by atoms with Crippen molar-refractivity contribution in [2.45, 2.75) is 25.4 Å². The molecular weight excluding hydrogens is 375 g/mol. The van der Waals surface area contributed by atoms with Crippen molar-refractivity contribution in [3.05, 3.63) is 41.5 Å². The molecule has 1 aromatic heterocycles. The number of fused-ring (bicyclic) bond motifs is 1. The number of pyridine rings is 1. The number of amides is 2. The summed E-state index contributed by atoms with van der Waals surface area (Å²) in [4.78, 5) is 34.4.